The fourth-order valence-electron chi connectivity index (χ4n) is 1.24. The van der Waals surface area contributed by atoms with E-state index in [9.17, 15) is 9.59 Å². The largest absolute Gasteiger partial charge is 0.358 e. The van der Waals surface area contributed by atoms with Crippen molar-refractivity contribution < 1.29 is 9.59 Å². The van der Waals surface area contributed by atoms with E-state index in [1.54, 1.807) is 0 Å². The summed E-state index contributed by atoms with van der Waals surface area (Å²) in [5.74, 6) is -0.0430. The second kappa shape index (κ2) is 7.43. The number of nitrogens with one attached hydrogen (secondary N) is 2. The summed E-state index contributed by atoms with van der Waals surface area (Å²) in [5, 5.41) is 5.00. The van der Waals surface area contributed by atoms with Crippen LogP contribution in [0.15, 0.2) is 27.6 Å². The molecule has 0 unspecified atom stereocenters. The zero-order chi connectivity index (χ0) is 13.5. The monoisotopic (exact) mass is 330 g/mol. The minimum absolute atomic E-state index is 0.0230. The van der Waals surface area contributed by atoms with E-state index in [0.717, 1.165) is 14.9 Å². The Bertz CT molecular complexity index is 452. The van der Waals surface area contributed by atoms with Gasteiger partial charge in [0.25, 0.3) is 0 Å². The standard InChI is InChI=1S/C12H15BrN2O2S/c1-8-5-9(13)3-4-10(8)18-7-12(17)15-6-11(16)14-2/h3-5H,6-7H2,1-2H3,(H,14,16)(H,15,17). The van der Waals surface area contributed by atoms with E-state index in [-0.39, 0.29) is 18.4 Å². The van der Waals surface area contributed by atoms with Crippen molar-refractivity contribution in [3.8, 4) is 0 Å². The normalized spacial score (nSPS) is 9.94. The van der Waals surface area contributed by atoms with Crippen molar-refractivity contribution in [1.82, 2.24) is 10.6 Å². The molecule has 0 saturated carbocycles. The number of carbonyl (C=O) groups is 2. The molecule has 0 aliphatic carbocycles. The Labute approximate surface area is 119 Å². The summed E-state index contributed by atoms with van der Waals surface area (Å²) in [6.45, 7) is 2.02. The van der Waals surface area contributed by atoms with E-state index >= 15 is 0 Å². The smallest absolute Gasteiger partial charge is 0.239 e. The van der Waals surface area contributed by atoms with Crippen LogP contribution in [0.5, 0.6) is 0 Å². The van der Waals surface area contributed by atoms with E-state index in [1.165, 1.54) is 18.8 Å². The van der Waals surface area contributed by atoms with Crippen LogP contribution in [0.4, 0.5) is 0 Å². The first-order valence-electron chi connectivity index (χ1n) is 5.39. The third-order valence-electron chi connectivity index (χ3n) is 2.22. The van der Waals surface area contributed by atoms with Crippen LogP contribution >= 0.6 is 27.7 Å². The van der Waals surface area contributed by atoms with Crippen LogP contribution in [0, 0.1) is 6.92 Å². The van der Waals surface area contributed by atoms with Gasteiger partial charge in [0, 0.05) is 16.4 Å². The molecule has 1 aromatic carbocycles. The number of likely N-dealkylation sites (N-methyl/N-ethyl adjacent to an activating group) is 1. The van der Waals surface area contributed by atoms with Crippen molar-refractivity contribution in [1.29, 1.82) is 0 Å². The Morgan fingerprint density at radius 1 is 1.33 bits per heavy atom. The van der Waals surface area contributed by atoms with Crippen LogP contribution in [0.25, 0.3) is 0 Å². The van der Waals surface area contributed by atoms with Gasteiger partial charge in [0.1, 0.15) is 0 Å². The van der Waals surface area contributed by atoms with Crippen molar-refractivity contribution in [3.05, 3.63) is 28.2 Å². The highest BCUT2D eigenvalue weighted by molar-refractivity contribution is 9.10. The van der Waals surface area contributed by atoms with Crippen molar-refractivity contribution in [2.24, 2.45) is 0 Å². The van der Waals surface area contributed by atoms with Crippen LogP contribution in [0.3, 0.4) is 0 Å². The Morgan fingerprint density at radius 3 is 2.67 bits per heavy atom. The Kier molecular flexibility index (Phi) is 6.21. The molecule has 1 aromatic rings. The topological polar surface area (TPSA) is 58.2 Å². The SMILES string of the molecule is CNC(=O)CNC(=O)CSc1ccc(Br)cc1C. The first-order valence-corrected chi connectivity index (χ1v) is 7.17. The molecule has 0 spiro atoms. The molecule has 0 saturated heterocycles. The van der Waals surface area contributed by atoms with E-state index in [4.69, 9.17) is 0 Å². The molecule has 4 nitrogen and oxygen atoms in total. The first-order chi connectivity index (χ1) is 8.52. The third-order valence-corrected chi connectivity index (χ3v) is 3.89. The summed E-state index contributed by atoms with van der Waals surface area (Å²) in [6, 6.07) is 5.92. The molecule has 2 N–H and O–H groups in total. The minimum Gasteiger partial charge on any atom is -0.358 e. The summed E-state index contributed by atoms with van der Waals surface area (Å²) in [4.78, 5) is 23.5. The summed E-state index contributed by atoms with van der Waals surface area (Å²) in [7, 11) is 1.54. The highest BCUT2D eigenvalue weighted by Crippen LogP contribution is 2.24. The van der Waals surface area contributed by atoms with Crippen molar-refractivity contribution in [2.75, 3.05) is 19.3 Å². The van der Waals surface area contributed by atoms with Gasteiger partial charge in [-0.15, -0.1) is 11.8 Å². The highest BCUT2D eigenvalue weighted by Gasteiger charge is 2.06. The lowest BCUT2D eigenvalue weighted by atomic mass is 10.2. The molecule has 0 atom stereocenters. The molecule has 2 amide bonds. The number of carbonyl (C=O) groups excluding carboxylic acids is 2. The summed E-state index contributed by atoms with van der Waals surface area (Å²) in [6.07, 6.45) is 0. The van der Waals surface area contributed by atoms with Crippen molar-refractivity contribution in [2.45, 2.75) is 11.8 Å². The first kappa shape index (κ1) is 15.0. The molecular formula is C12H15BrN2O2S. The number of aryl methyl sites for hydroxylation is 1. The zero-order valence-electron chi connectivity index (χ0n) is 10.2. The number of hydrogen-bond acceptors (Lipinski definition) is 3. The van der Waals surface area contributed by atoms with Crippen LogP contribution < -0.4 is 10.6 Å². The third kappa shape index (κ3) is 5.10. The molecule has 0 heterocycles. The van der Waals surface area contributed by atoms with Crippen LogP contribution in [0.2, 0.25) is 0 Å². The zero-order valence-corrected chi connectivity index (χ0v) is 12.7. The number of benzene rings is 1. The molecule has 18 heavy (non-hydrogen) atoms. The fourth-order valence-corrected chi connectivity index (χ4v) is 2.55. The molecule has 0 fully saturated rings. The van der Waals surface area contributed by atoms with Gasteiger partial charge < -0.3 is 10.6 Å². The van der Waals surface area contributed by atoms with Crippen molar-refractivity contribution in [3.63, 3.8) is 0 Å². The van der Waals surface area contributed by atoms with Gasteiger partial charge in [0.2, 0.25) is 11.8 Å². The van der Waals surface area contributed by atoms with Crippen LogP contribution in [0.1, 0.15) is 5.56 Å². The molecule has 0 aliphatic rings. The van der Waals surface area contributed by atoms with Gasteiger partial charge in [-0.1, -0.05) is 15.9 Å². The van der Waals surface area contributed by atoms with E-state index < -0.39 is 0 Å². The molecule has 6 heteroatoms. The van der Waals surface area contributed by atoms with Crippen molar-refractivity contribution >= 4 is 39.5 Å². The predicted octanol–water partition coefficient (Wildman–Crippen LogP) is 1.71. The maximum atomic E-state index is 11.5. The predicted molar refractivity (Wildman–Crippen MR) is 76.7 cm³/mol. The Morgan fingerprint density at radius 2 is 2.06 bits per heavy atom. The van der Waals surface area contributed by atoms with Gasteiger partial charge in [-0.3, -0.25) is 9.59 Å². The van der Waals surface area contributed by atoms with Gasteiger partial charge in [-0.25, -0.2) is 0 Å². The van der Waals surface area contributed by atoms with Gasteiger partial charge in [0.05, 0.1) is 12.3 Å². The average Bonchev–Trinajstić information content (AvgIpc) is 2.34. The molecule has 0 bridgehead atoms. The second-order valence-corrected chi connectivity index (χ2v) is 5.58. The lowest BCUT2D eigenvalue weighted by Crippen LogP contribution is -2.36. The number of hydrogen-bond donors (Lipinski definition) is 2. The van der Waals surface area contributed by atoms with E-state index in [1.807, 2.05) is 25.1 Å². The Hall–Kier alpha value is -1.01. The van der Waals surface area contributed by atoms with Gasteiger partial charge >= 0.3 is 0 Å². The van der Waals surface area contributed by atoms with Gasteiger partial charge in [-0.2, -0.15) is 0 Å². The number of halogens is 1. The average molecular weight is 331 g/mol. The van der Waals surface area contributed by atoms with E-state index in [0.29, 0.717) is 5.75 Å². The maximum Gasteiger partial charge on any atom is 0.239 e. The fraction of sp³-hybridized carbons (Fsp3) is 0.333. The number of amides is 2. The molecule has 0 aliphatic heterocycles. The quantitative estimate of drug-likeness (QED) is 0.808. The molecule has 0 aromatic heterocycles. The van der Waals surface area contributed by atoms with Crippen LogP contribution in [-0.4, -0.2) is 31.2 Å². The maximum absolute atomic E-state index is 11.5. The highest BCUT2D eigenvalue weighted by atomic mass is 79.9. The van der Waals surface area contributed by atoms with E-state index in [2.05, 4.69) is 26.6 Å². The lowest BCUT2D eigenvalue weighted by molar-refractivity contribution is -0.124. The minimum atomic E-state index is -0.201. The molecule has 98 valence electrons. The van der Waals surface area contributed by atoms with Crippen LogP contribution in [-0.2, 0) is 9.59 Å². The van der Waals surface area contributed by atoms with Gasteiger partial charge in [0.15, 0.2) is 0 Å². The molecule has 0 radical (unpaired) electrons. The number of thioether (sulfide) groups is 1. The lowest BCUT2D eigenvalue weighted by Gasteiger charge is -2.06. The summed E-state index contributed by atoms with van der Waals surface area (Å²) in [5.41, 5.74) is 1.12. The number of rotatable bonds is 5. The summed E-state index contributed by atoms with van der Waals surface area (Å²) >= 11 is 4.85. The Balaban J connectivity index is 2.40. The summed E-state index contributed by atoms with van der Waals surface area (Å²) < 4.78 is 1.02. The second-order valence-electron chi connectivity index (χ2n) is 3.65. The molecule has 1 rings (SSSR count). The van der Waals surface area contributed by atoms with Gasteiger partial charge in [-0.05, 0) is 30.7 Å². The molecular weight excluding hydrogens is 316 g/mol.